The van der Waals surface area contributed by atoms with Crippen molar-refractivity contribution >= 4 is 35.0 Å². The first-order valence-corrected chi connectivity index (χ1v) is 23.3. The van der Waals surface area contributed by atoms with Crippen LogP contribution in [0.25, 0.3) is 0 Å². The summed E-state index contributed by atoms with van der Waals surface area (Å²) in [5, 5.41) is 17.0. The molecular weight excluding hydrogens is 746 g/mol. The lowest BCUT2D eigenvalue weighted by Crippen LogP contribution is -2.62. The van der Waals surface area contributed by atoms with Gasteiger partial charge in [0.15, 0.2) is 5.78 Å². The first-order chi connectivity index (χ1) is 27.4. The van der Waals surface area contributed by atoms with Crippen molar-refractivity contribution in [2.45, 2.75) is 138 Å². The van der Waals surface area contributed by atoms with E-state index in [-0.39, 0.29) is 57.3 Å². The van der Waals surface area contributed by atoms with Crippen LogP contribution in [-0.2, 0) is 14.4 Å². The maximum Gasteiger partial charge on any atom is 0.306 e. The van der Waals surface area contributed by atoms with Crippen LogP contribution in [0, 0.1) is 74.9 Å². The normalized spacial score (nSPS) is 38.2. The summed E-state index contributed by atoms with van der Waals surface area (Å²) >= 11 is 6.05. The molecule has 58 heavy (non-hydrogen) atoms. The van der Waals surface area contributed by atoms with Gasteiger partial charge in [-0.15, -0.1) is 0 Å². The summed E-state index contributed by atoms with van der Waals surface area (Å²) in [6.07, 6.45) is 12.5. The summed E-state index contributed by atoms with van der Waals surface area (Å²) in [7, 11) is 0. The second-order valence-electron chi connectivity index (χ2n) is 21.4. The van der Waals surface area contributed by atoms with E-state index in [4.69, 9.17) is 17.3 Å². The van der Waals surface area contributed by atoms with Crippen LogP contribution in [0.4, 0.5) is 0 Å². The van der Waals surface area contributed by atoms with E-state index < -0.39 is 5.97 Å². The average molecular weight is 819 g/mol. The number of rotatable bonds is 14. The first-order valence-electron chi connectivity index (χ1n) is 22.9. The summed E-state index contributed by atoms with van der Waals surface area (Å²) in [5.41, 5.74) is 9.58. The fourth-order valence-electron chi connectivity index (χ4n) is 15.0. The molecular formula is C49H72ClN3O5. The average Bonchev–Trinajstić information content (AvgIpc) is 3.46. The van der Waals surface area contributed by atoms with Crippen LogP contribution >= 0.6 is 11.6 Å². The van der Waals surface area contributed by atoms with Gasteiger partial charge in [0, 0.05) is 47.3 Å². The molecule has 0 saturated heterocycles. The Morgan fingerprint density at radius 3 is 2.29 bits per heavy atom. The minimum Gasteiger partial charge on any atom is -0.481 e. The van der Waals surface area contributed by atoms with E-state index in [1.54, 1.807) is 24.3 Å². The van der Waals surface area contributed by atoms with Crippen molar-refractivity contribution in [3.8, 4) is 0 Å². The molecule has 12 atom stereocenters. The first kappa shape index (κ1) is 43.5. The molecule has 5 fully saturated rings. The van der Waals surface area contributed by atoms with Gasteiger partial charge in [0.05, 0.1) is 5.92 Å². The van der Waals surface area contributed by atoms with Gasteiger partial charge in [-0.05, 0) is 171 Å². The van der Waals surface area contributed by atoms with E-state index in [0.717, 1.165) is 44.2 Å². The maximum absolute atomic E-state index is 14.1. The van der Waals surface area contributed by atoms with Crippen molar-refractivity contribution in [2.24, 2.45) is 80.7 Å². The minimum absolute atomic E-state index is 0.0434. The molecule has 1 aromatic carbocycles. The van der Waals surface area contributed by atoms with Crippen molar-refractivity contribution < 1.29 is 24.3 Å². The standard InChI is InChI=1S/C49H72ClN3O5/c1-28(2)42-39(55)26-49(21-23-52-27-33(17-22-51)53-44(56)30-8-10-32(50)11-9-30)20-15-37-34(43(42)49)12-13-41-47(37,6)19-16-40-46(4,5)31(14-18-48(40,41)7)24-38(54)35-25-36(29(35)3)45(57)58/h8-11,28-29,31,33-37,40-41,52H,12-27,51H2,1-7H3,(H,53,56)(H,57,58). The van der Waals surface area contributed by atoms with Gasteiger partial charge in [0.2, 0.25) is 0 Å². The highest BCUT2D eigenvalue weighted by atomic mass is 35.5. The van der Waals surface area contributed by atoms with E-state index in [1.807, 2.05) is 6.92 Å². The molecule has 1 amide bonds. The molecule has 5 saturated carbocycles. The number of nitrogens with one attached hydrogen (secondary N) is 2. The molecule has 0 aliphatic heterocycles. The zero-order valence-electron chi connectivity index (χ0n) is 36.4. The van der Waals surface area contributed by atoms with Gasteiger partial charge in [-0.25, -0.2) is 0 Å². The molecule has 9 heteroatoms. The predicted molar refractivity (Wildman–Crippen MR) is 230 cm³/mol. The number of allylic oxidation sites excluding steroid dienone is 2. The molecule has 320 valence electrons. The number of carboxylic acids is 1. The van der Waals surface area contributed by atoms with Gasteiger partial charge >= 0.3 is 5.97 Å². The number of carboxylic acid groups (broad SMARTS) is 1. The number of ketones is 2. The molecule has 6 aliphatic carbocycles. The Morgan fingerprint density at radius 1 is 0.931 bits per heavy atom. The lowest BCUT2D eigenvalue weighted by Gasteiger charge is -2.69. The zero-order chi connectivity index (χ0) is 41.9. The zero-order valence-corrected chi connectivity index (χ0v) is 37.2. The third-order valence-electron chi connectivity index (χ3n) is 18.1. The SMILES string of the molecule is CC(C)C1=C2C3CCC4C(C)(CCC5C(C)(C)C(CC(=O)C6CC(C(=O)O)C6C)CCC54C)C3CCC2(CCNCC(CCN)NC(=O)c2ccc(Cl)cc2)CC1=O. The summed E-state index contributed by atoms with van der Waals surface area (Å²) in [6.45, 7) is 18.4. The number of benzene rings is 1. The largest absolute Gasteiger partial charge is 0.481 e. The Morgan fingerprint density at radius 2 is 1.64 bits per heavy atom. The van der Waals surface area contributed by atoms with Crippen LogP contribution in [0.1, 0.15) is 142 Å². The monoisotopic (exact) mass is 818 g/mol. The van der Waals surface area contributed by atoms with Gasteiger partial charge in [-0.3, -0.25) is 19.2 Å². The number of fused-ring (bicyclic) bond motifs is 7. The molecule has 0 radical (unpaired) electrons. The van der Waals surface area contributed by atoms with Crippen LogP contribution in [0.15, 0.2) is 35.4 Å². The number of nitrogens with two attached hydrogens (primary N) is 1. The fourth-order valence-corrected chi connectivity index (χ4v) is 15.1. The van der Waals surface area contributed by atoms with Crippen molar-refractivity contribution in [3.63, 3.8) is 0 Å². The van der Waals surface area contributed by atoms with E-state index in [2.05, 4.69) is 52.2 Å². The number of carbonyl (C=O) groups excluding carboxylic acids is 3. The van der Waals surface area contributed by atoms with Crippen molar-refractivity contribution in [3.05, 3.63) is 46.0 Å². The molecule has 7 rings (SSSR count). The van der Waals surface area contributed by atoms with Crippen LogP contribution in [0.3, 0.4) is 0 Å². The maximum atomic E-state index is 14.1. The molecule has 12 unspecified atom stereocenters. The van der Waals surface area contributed by atoms with Gasteiger partial charge < -0.3 is 21.5 Å². The third-order valence-corrected chi connectivity index (χ3v) is 18.3. The fraction of sp³-hybridized carbons (Fsp3) is 0.755. The highest BCUT2D eigenvalue weighted by Gasteiger charge is 2.66. The highest BCUT2D eigenvalue weighted by molar-refractivity contribution is 6.30. The minimum atomic E-state index is -0.760. The smallest absolute Gasteiger partial charge is 0.306 e. The Bertz CT molecular complexity index is 1790. The van der Waals surface area contributed by atoms with Crippen molar-refractivity contribution in [2.75, 3.05) is 19.6 Å². The molecule has 0 heterocycles. The lowest BCUT2D eigenvalue weighted by molar-refractivity contribution is -0.193. The van der Waals surface area contributed by atoms with Gasteiger partial charge in [0.1, 0.15) is 5.78 Å². The summed E-state index contributed by atoms with van der Waals surface area (Å²) in [6, 6.07) is 6.84. The molecule has 0 aromatic heterocycles. The lowest BCUT2D eigenvalue weighted by atomic mass is 9.35. The van der Waals surface area contributed by atoms with Crippen molar-refractivity contribution in [1.29, 1.82) is 0 Å². The van der Waals surface area contributed by atoms with Crippen LogP contribution < -0.4 is 16.4 Å². The van der Waals surface area contributed by atoms with Gasteiger partial charge in [-0.1, -0.05) is 65.6 Å². The molecule has 1 aromatic rings. The number of carbonyl (C=O) groups is 4. The summed E-state index contributed by atoms with van der Waals surface area (Å²) in [5.74, 6) is 1.99. The van der Waals surface area contributed by atoms with Crippen LogP contribution in [0.2, 0.25) is 5.02 Å². The number of hydrogen-bond acceptors (Lipinski definition) is 6. The Kier molecular flexibility index (Phi) is 12.3. The van der Waals surface area contributed by atoms with E-state index >= 15 is 0 Å². The third kappa shape index (κ3) is 7.45. The predicted octanol–water partition coefficient (Wildman–Crippen LogP) is 9.29. The number of hydrogen-bond donors (Lipinski definition) is 4. The van der Waals surface area contributed by atoms with E-state index in [0.29, 0.717) is 90.5 Å². The van der Waals surface area contributed by atoms with Gasteiger partial charge in [0.25, 0.3) is 5.91 Å². The Balaban J connectivity index is 1.04. The number of Topliss-reactive ketones (excluding diaryl/α,β-unsaturated/α-hetero) is 2. The number of halogens is 1. The molecule has 0 spiro atoms. The number of amides is 1. The second kappa shape index (κ2) is 16.4. The molecule has 6 aliphatic rings. The quantitative estimate of drug-likeness (QED) is 0.137. The van der Waals surface area contributed by atoms with Crippen LogP contribution in [-0.4, -0.2) is 54.2 Å². The summed E-state index contributed by atoms with van der Waals surface area (Å²) < 4.78 is 0. The Labute approximate surface area is 353 Å². The second-order valence-corrected chi connectivity index (χ2v) is 21.9. The van der Waals surface area contributed by atoms with E-state index in [9.17, 15) is 24.3 Å². The topological polar surface area (TPSA) is 139 Å². The molecule has 5 N–H and O–H groups in total. The molecule has 8 nitrogen and oxygen atoms in total. The Hall–Kier alpha value is -2.55. The number of aliphatic carboxylic acids is 1. The van der Waals surface area contributed by atoms with Crippen LogP contribution in [0.5, 0.6) is 0 Å². The van der Waals surface area contributed by atoms with Gasteiger partial charge in [-0.2, -0.15) is 0 Å². The van der Waals surface area contributed by atoms with Crippen molar-refractivity contribution in [1.82, 2.24) is 10.6 Å². The van der Waals surface area contributed by atoms with E-state index in [1.165, 1.54) is 31.3 Å². The highest BCUT2D eigenvalue weighted by Crippen LogP contribution is 2.74. The molecule has 0 bridgehead atoms. The summed E-state index contributed by atoms with van der Waals surface area (Å²) in [4.78, 5) is 52.4.